The van der Waals surface area contributed by atoms with Crippen molar-refractivity contribution in [2.75, 3.05) is 11.9 Å². The highest BCUT2D eigenvalue weighted by atomic mass is 19.1. The summed E-state index contributed by atoms with van der Waals surface area (Å²) in [6.45, 7) is -0.654. The van der Waals surface area contributed by atoms with E-state index >= 15 is 0 Å². The highest BCUT2D eigenvalue weighted by molar-refractivity contribution is 5.73. The normalized spacial score (nSPS) is 20.7. The number of nitrogens with one attached hydrogen (secondary N) is 1. The Labute approximate surface area is 179 Å². The lowest BCUT2D eigenvalue weighted by molar-refractivity contribution is -0.132. The van der Waals surface area contributed by atoms with Crippen LogP contribution in [0.15, 0.2) is 54.9 Å². The van der Waals surface area contributed by atoms with Gasteiger partial charge in [0.1, 0.15) is 17.5 Å². The molecule has 1 amide bonds. The zero-order valence-electron chi connectivity index (χ0n) is 19.5. The first-order valence-electron chi connectivity index (χ1n) is 11.3. The summed E-state index contributed by atoms with van der Waals surface area (Å²) >= 11 is 0. The molecule has 30 heavy (non-hydrogen) atoms. The van der Waals surface area contributed by atoms with Gasteiger partial charge in [0.25, 0.3) is 0 Å². The van der Waals surface area contributed by atoms with Gasteiger partial charge < -0.3 is 10.2 Å². The van der Waals surface area contributed by atoms with Crippen LogP contribution in [-0.2, 0) is 4.79 Å². The molecule has 2 aromatic heterocycles. The summed E-state index contributed by atoms with van der Waals surface area (Å²) < 4.78 is 37.1. The minimum Gasteiger partial charge on any atom is -0.340 e. The quantitative estimate of drug-likeness (QED) is 0.686. The van der Waals surface area contributed by atoms with Crippen molar-refractivity contribution in [1.29, 1.82) is 0 Å². The number of amides is 1. The molecule has 0 spiro atoms. The van der Waals surface area contributed by atoms with Crippen LogP contribution in [0.1, 0.15) is 42.5 Å². The van der Waals surface area contributed by atoms with Crippen LogP contribution in [0.4, 0.5) is 15.9 Å². The van der Waals surface area contributed by atoms with E-state index in [1.807, 2.05) is 6.07 Å². The van der Waals surface area contributed by atoms with E-state index in [1.54, 1.807) is 36.7 Å². The molecule has 2 atom stereocenters. The van der Waals surface area contributed by atoms with Gasteiger partial charge >= 0.3 is 0 Å². The van der Waals surface area contributed by atoms with E-state index in [9.17, 15) is 9.18 Å². The molecule has 3 aromatic rings. The largest absolute Gasteiger partial charge is 0.340 e. The maximum atomic E-state index is 13.7. The summed E-state index contributed by atoms with van der Waals surface area (Å²) in [5.41, 5.74) is 1.94. The van der Waals surface area contributed by atoms with Crippen molar-refractivity contribution in [2.45, 2.75) is 38.6 Å². The van der Waals surface area contributed by atoms with Gasteiger partial charge in [0.15, 0.2) is 0 Å². The highest BCUT2D eigenvalue weighted by Crippen LogP contribution is 2.31. The molecule has 4 rings (SSSR count). The second-order valence-corrected chi connectivity index (χ2v) is 7.34. The van der Waals surface area contributed by atoms with Gasteiger partial charge in [-0.05, 0) is 50.0 Å². The van der Waals surface area contributed by atoms with Crippen molar-refractivity contribution in [3.05, 3.63) is 66.5 Å². The third kappa shape index (κ3) is 4.45. The Morgan fingerprint density at radius 1 is 1.23 bits per heavy atom. The predicted octanol–water partition coefficient (Wildman–Crippen LogP) is 4.54. The standard InChI is InChI=1S/C23H24FN5O/c1-15-8-9-18(14-29(15)16(2)30)23-27-21(17-5-4-10-25-13-17)12-22(28-23)26-20-7-3-6-19(24)11-20/h3-7,10-13,15,18H,8-9,14H2,1-2H3,(H,26,27,28)/t15-,18+/m0/s1/i1D3. The molecule has 154 valence electrons. The van der Waals surface area contributed by atoms with Crippen molar-refractivity contribution in [2.24, 2.45) is 0 Å². The Morgan fingerprint density at radius 3 is 2.87 bits per heavy atom. The average molecular weight is 408 g/mol. The Bertz CT molecular complexity index is 1140. The molecule has 1 saturated heterocycles. The molecule has 0 radical (unpaired) electrons. The van der Waals surface area contributed by atoms with Gasteiger partial charge in [-0.1, -0.05) is 6.07 Å². The van der Waals surface area contributed by atoms with Crippen LogP contribution in [-0.4, -0.2) is 38.3 Å². The molecular formula is C23H24FN5O. The third-order valence-corrected chi connectivity index (χ3v) is 5.15. The average Bonchev–Trinajstić information content (AvgIpc) is 2.78. The zero-order valence-corrected chi connectivity index (χ0v) is 16.5. The summed E-state index contributed by atoms with van der Waals surface area (Å²) in [6, 6.07) is 10.7. The number of rotatable bonds is 4. The van der Waals surface area contributed by atoms with Gasteiger partial charge in [-0.2, -0.15) is 0 Å². The molecule has 1 fully saturated rings. The van der Waals surface area contributed by atoms with E-state index in [4.69, 9.17) is 9.10 Å². The molecule has 1 aliphatic heterocycles. The molecule has 0 aliphatic carbocycles. The van der Waals surface area contributed by atoms with Crippen molar-refractivity contribution >= 4 is 17.4 Å². The molecular weight excluding hydrogens is 381 g/mol. The van der Waals surface area contributed by atoms with Crippen LogP contribution < -0.4 is 5.32 Å². The first kappa shape index (κ1) is 16.4. The number of hydrogen-bond donors (Lipinski definition) is 1. The molecule has 1 aliphatic rings. The van der Waals surface area contributed by atoms with E-state index in [0.29, 0.717) is 35.9 Å². The van der Waals surface area contributed by atoms with Gasteiger partial charge in [-0.25, -0.2) is 14.4 Å². The van der Waals surface area contributed by atoms with Gasteiger partial charge in [-0.15, -0.1) is 0 Å². The van der Waals surface area contributed by atoms with Gasteiger partial charge in [0.2, 0.25) is 5.91 Å². The number of halogens is 1. The van der Waals surface area contributed by atoms with E-state index in [1.165, 1.54) is 24.0 Å². The molecule has 0 saturated carbocycles. The Hall–Kier alpha value is -3.35. The van der Waals surface area contributed by atoms with E-state index in [-0.39, 0.29) is 24.2 Å². The molecule has 3 heterocycles. The number of carbonyl (C=O) groups excluding carboxylic acids is 1. The molecule has 7 heteroatoms. The van der Waals surface area contributed by atoms with Crippen LogP contribution in [0.2, 0.25) is 0 Å². The lowest BCUT2D eigenvalue weighted by atomic mass is 9.92. The monoisotopic (exact) mass is 408 g/mol. The minimum atomic E-state index is -2.25. The van der Waals surface area contributed by atoms with E-state index in [0.717, 1.165) is 5.56 Å². The molecule has 0 unspecified atom stereocenters. The van der Waals surface area contributed by atoms with Crippen molar-refractivity contribution in [1.82, 2.24) is 19.9 Å². The smallest absolute Gasteiger partial charge is 0.219 e. The topological polar surface area (TPSA) is 71.0 Å². The Balaban J connectivity index is 1.70. The van der Waals surface area contributed by atoms with E-state index < -0.39 is 12.9 Å². The number of aromatic nitrogens is 3. The van der Waals surface area contributed by atoms with Crippen LogP contribution in [0.5, 0.6) is 0 Å². The summed E-state index contributed by atoms with van der Waals surface area (Å²) in [5, 5.41) is 3.12. The van der Waals surface area contributed by atoms with E-state index in [2.05, 4.69) is 15.3 Å². The Morgan fingerprint density at radius 2 is 2.13 bits per heavy atom. The lowest BCUT2D eigenvalue weighted by Gasteiger charge is -2.37. The van der Waals surface area contributed by atoms with Crippen LogP contribution in [0, 0.1) is 5.82 Å². The molecule has 0 bridgehead atoms. The summed E-state index contributed by atoms with van der Waals surface area (Å²) in [6.07, 6.45) is 4.21. The van der Waals surface area contributed by atoms with Crippen LogP contribution in [0.3, 0.4) is 0 Å². The minimum absolute atomic E-state index is 0.217. The second-order valence-electron chi connectivity index (χ2n) is 7.34. The molecule has 1 aromatic carbocycles. The first-order valence-corrected chi connectivity index (χ1v) is 9.80. The number of nitrogens with zero attached hydrogens (tertiary/aromatic N) is 4. The van der Waals surface area contributed by atoms with Crippen molar-refractivity contribution in [3.63, 3.8) is 0 Å². The number of benzene rings is 1. The van der Waals surface area contributed by atoms with Gasteiger partial charge in [-0.3, -0.25) is 9.78 Å². The fraction of sp³-hybridized carbons (Fsp3) is 0.304. The fourth-order valence-electron chi connectivity index (χ4n) is 3.62. The SMILES string of the molecule is [2H]C([2H])([2H])[C@H]1CC[C@@H](c2nc(Nc3cccc(F)c3)cc(-c3cccnc3)n2)CN1C(C)=O. The first-order chi connectivity index (χ1) is 15.7. The third-order valence-electron chi connectivity index (χ3n) is 5.15. The van der Waals surface area contributed by atoms with Crippen LogP contribution in [0.25, 0.3) is 11.3 Å². The van der Waals surface area contributed by atoms with Crippen LogP contribution >= 0.6 is 0 Å². The number of pyridine rings is 1. The zero-order chi connectivity index (χ0) is 23.6. The maximum Gasteiger partial charge on any atom is 0.219 e. The summed E-state index contributed by atoms with van der Waals surface area (Å²) in [7, 11) is 0. The second kappa shape index (κ2) is 8.57. The number of anilines is 2. The van der Waals surface area contributed by atoms with Crippen molar-refractivity contribution < 1.29 is 13.3 Å². The lowest BCUT2D eigenvalue weighted by Crippen LogP contribution is -2.44. The predicted molar refractivity (Wildman–Crippen MR) is 114 cm³/mol. The summed E-state index contributed by atoms with van der Waals surface area (Å²) in [5.74, 6) is 0.0589. The number of piperidine rings is 1. The Kier molecular flexibility index (Phi) is 4.70. The van der Waals surface area contributed by atoms with Crippen molar-refractivity contribution in [3.8, 4) is 11.3 Å². The number of likely N-dealkylation sites (tertiary alicyclic amines) is 1. The maximum absolute atomic E-state index is 13.7. The highest BCUT2D eigenvalue weighted by Gasteiger charge is 2.30. The number of hydrogen-bond acceptors (Lipinski definition) is 5. The van der Waals surface area contributed by atoms with Gasteiger partial charge in [0.05, 0.1) is 5.69 Å². The van der Waals surface area contributed by atoms with Gasteiger partial charge in [0, 0.05) is 59.3 Å². The fourth-order valence-corrected chi connectivity index (χ4v) is 3.62. The molecule has 6 nitrogen and oxygen atoms in total. The summed E-state index contributed by atoms with van der Waals surface area (Å²) in [4.78, 5) is 27.2. The number of carbonyl (C=O) groups is 1. The molecule has 1 N–H and O–H groups in total.